The highest BCUT2D eigenvalue weighted by molar-refractivity contribution is 6.38. The number of hydrogen-bond donors (Lipinski definition) is 2. The van der Waals surface area contributed by atoms with Crippen LogP contribution < -0.4 is 10.5 Å². The summed E-state index contributed by atoms with van der Waals surface area (Å²) in [4.78, 5) is 12.3. The van der Waals surface area contributed by atoms with Gasteiger partial charge in [0.2, 0.25) is 19.3 Å². The second kappa shape index (κ2) is 3.89. The van der Waals surface area contributed by atoms with Crippen molar-refractivity contribution >= 4 is 19.3 Å². The number of aromatic nitrogens is 3. The Morgan fingerprint density at radius 3 is 2.42 bits per heavy atom. The number of aryl methyl sites for hydroxylation is 1. The summed E-state index contributed by atoms with van der Waals surface area (Å²) in [6, 6.07) is 0. The van der Waals surface area contributed by atoms with Gasteiger partial charge < -0.3 is 10.5 Å². The van der Waals surface area contributed by atoms with Crippen LogP contribution in [-0.4, -0.2) is 29.4 Å². The van der Waals surface area contributed by atoms with Gasteiger partial charge in [0, 0.05) is 7.05 Å². The molecule has 0 aromatic carbocycles. The van der Waals surface area contributed by atoms with E-state index in [1.807, 2.05) is 13.7 Å². The molecule has 1 heterocycles. The van der Waals surface area contributed by atoms with E-state index in [-0.39, 0.29) is 0 Å². The van der Waals surface area contributed by atoms with Gasteiger partial charge in [0.05, 0.1) is 0 Å². The fraction of sp³-hybridized carbons (Fsp3) is 0.500. The fourth-order valence-corrected chi connectivity index (χ4v) is 0.831. The molecular formula is C6H12BN5. The van der Waals surface area contributed by atoms with E-state index < -0.39 is 0 Å². The van der Waals surface area contributed by atoms with Crippen LogP contribution in [0.2, 0.25) is 6.82 Å². The largest absolute Gasteiger partial charge is 0.401 e. The molecule has 0 unspecified atom stereocenters. The predicted octanol–water partition coefficient (Wildman–Crippen LogP) is 0.0332. The SMILES string of the molecule is CBNc1nc(C)nc(NC)n1. The number of anilines is 2. The number of rotatable bonds is 3. The maximum atomic E-state index is 4.10. The van der Waals surface area contributed by atoms with Crippen LogP contribution in [0.1, 0.15) is 5.82 Å². The van der Waals surface area contributed by atoms with Crippen molar-refractivity contribution in [3.8, 4) is 0 Å². The van der Waals surface area contributed by atoms with E-state index in [0.29, 0.717) is 17.7 Å². The molecule has 1 aromatic heterocycles. The van der Waals surface area contributed by atoms with Gasteiger partial charge in [-0.25, -0.2) is 0 Å². The van der Waals surface area contributed by atoms with Crippen molar-refractivity contribution in [2.24, 2.45) is 0 Å². The second-order valence-electron chi connectivity index (χ2n) is 2.31. The summed E-state index contributed by atoms with van der Waals surface area (Å²) in [6.07, 6.45) is 0. The number of nitrogens with one attached hydrogen (secondary N) is 2. The summed E-state index contributed by atoms with van der Waals surface area (Å²) in [7, 11) is 2.59. The van der Waals surface area contributed by atoms with Crippen LogP contribution >= 0.6 is 0 Å². The highest BCUT2D eigenvalue weighted by Gasteiger charge is 1.99. The van der Waals surface area contributed by atoms with Gasteiger partial charge in [-0.3, -0.25) is 0 Å². The zero-order chi connectivity index (χ0) is 8.97. The third kappa shape index (κ3) is 2.08. The molecule has 0 atom stereocenters. The fourth-order valence-electron chi connectivity index (χ4n) is 0.831. The molecule has 12 heavy (non-hydrogen) atoms. The summed E-state index contributed by atoms with van der Waals surface area (Å²) < 4.78 is 0. The van der Waals surface area contributed by atoms with E-state index in [9.17, 15) is 0 Å². The molecule has 6 heteroatoms. The molecule has 0 aliphatic heterocycles. The molecule has 0 aliphatic rings. The van der Waals surface area contributed by atoms with Crippen LogP contribution in [0.3, 0.4) is 0 Å². The third-order valence-corrected chi connectivity index (χ3v) is 1.31. The topological polar surface area (TPSA) is 62.7 Å². The first-order chi connectivity index (χ1) is 5.76. The zero-order valence-corrected chi connectivity index (χ0v) is 7.55. The molecule has 0 spiro atoms. The summed E-state index contributed by atoms with van der Waals surface area (Å²) >= 11 is 0. The first-order valence-electron chi connectivity index (χ1n) is 3.90. The molecule has 1 aromatic rings. The van der Waals surface area contributed by atoms with Crippen molar-refractivity contribution < 1.29 is 0 Å². The molecule has 0 saturated heterocycles. The lowest BCUT2D eigenvalue weighted by molar-refractivity contribution is 0.989. The molecule has 5 nitrogen and oxygen atoms in total. The van der Waals surface area contributed by atoms with Crippen LogP contribution in [0.4, 0.5) is 11.9 Å². The highest BCUT2D eigenvalue weighted by atomic mass is 15.2. The van der Waals surface area contributed by atoms with Crippen LogP contribution in [0, 0.1) is 6.92 Å². The van der Waals surface area contributed by atoms with Crippen molar-refractivity contribution in [1.29, 1.82) is 0 Å². The van der Waals surface area contributed by atoms with Crippen LogP contribution in [0.5, 0.6) is 0 Å². The molecule has 0 aliphatic carbocycles. The molecule has 1 rings (SSSR count). The highest BCUT2D eigenvalue weighted by Crippen LogP contribution is 2.02. The molecule has 2 N–H and O–H groups in total. The Morgan fingerprint density at radius 1 is 1.17 bits per heavy atom. The van der Waals surface area contributed by atoms with Crippen molar-refractivity contribution in [2.45, 2.75) is 13.7 Å². The Balaban J connectivity index is 2.90. The van der Waals surface area contributed by atoms with Crippen molar-refractivity contribution in [1.82, 2.24) is 15.0 Å². The van der Waals surface area contributed by atoms with Gasteiger partial charge >= 0.3 is 0 Å². The second-order valence-corrected chi connectivity index (χ2v) is 2.31. The van der Waals surface area contributed by atoms with Crippen LogP contribution in [-0.2, 0) is 0 Å². The van der Waals surface area contributed by atoms with Gasteiger partial charge in [-0.15, -0.1) is 0 Å². The van der Waals surface area contributed by atoms with E-state index in [4.69, 9.17) is 0 Å². The lowest BCUT2D eigenvalue weighted by atomic mass is 10.0. The molecule has 0 amide bonds. The van der Waals surface area contributed by atoms with Gasteiger partial charge in [0.25, 0.3) is 0 Å². The molecule has 0 saturated carbocycles. The molecule has 64 valence electrons. The number of nitrogens with zero attached hydrogens (tertiary/aromatic N) is 3. The Morgan fingerprint density at radius 2 is 1.83 bits per heavy atom. The summed E-state index contributed by atoms with van der Waals surface area (Å²) in [5, 5.41) is 5.89. The van der Waals surface area contributed by atoms with Crippen molar-refractivity contribution in [2.75, 3.05) is 17.6 Å². The average molecular weight is 165 g/mol. The Kier molecular flexibility index (Phi) is 2.84. The van der Waals surface area contributed by atoms with Gasteiger partial charge in [-0.05, 0) is 6.92 Å². The first kappa shape index (κ1) is 8.77. The van der Waals surface area contributed by atoms with Gasteiger partial charge in [0.1, 0.15) is 5.82 Å². The quantitative estimate of drug-likeness (QED) is 0.618. The predicted molar refractivity (Wildman–Crippen MR) is 50.7 cm³/mol. The lowest BCUT2D eigenvalue weighted by Gasteiger charge is -2.03. The minimum atomic E-state index is 0.596. The molecule has 0 fully saturated rings. The van der Waals surface area contributed by atoms with Crippen molar-refractivity contribution in [3.63, 3.8) is 0 Å². The maximum Gasteiger partial charge on any atom is 0.233 e. The monoisotopic (exact) mass is 165 g/mol. The van der Waals surface area contributed by atoms with Crippen LogP contribution in [0.15, 0.2) is 0 Å². The van der Waals surface area contributed by atoms with Gasteiger partial charge in [0.15, 0.2) is 0 Å². The normalized spacial score (nSPS) is 9.25. The van der Waals surface area contributed by atoms with E-state index in [2.05, 4.69) is 25.5 Å². The van der Waals surface area contributed by atoms with Crippen LogP contribution in [0.25, 0.3) is 0 Å². The molecular weight excluding hydrogens is 153 g/mol. The smallest absolute Gasteiger partial charge is 0.233 e. The summed E-state index contributed by atoms with van der Waals surface area (Å²) in [6.45, 7) is 3.83. The Hall–Kier alpha value is -1.33. The Labute approximate surface area is 72.3 Å². The third-order valence-electron chi connectivity index (χ3n) is 1.31. The van der Waals surface area contributed by atoms with Gasteiger partial charge in [-0.2, -0.15) is 15.0 Å². The minimum absolute atomic E-state index is 0.596. The van der Waals surface area contributed by atoms with E-state index in [0.717, 1.165) is 7.41 Å². The minimum Gasteiger partial charge on any atom is -0.401 e. The summed E-state index contributed by atoms with van der Waals surface area (Å²) in [5.74, 6) is 1.93. The first-order valence-corrected chi connectivity index (χ1v) is 3.90. The van der Waals surface area contributed by atoms with E-state index >= 15 is 0 Å². The van der Waals surface area contributed by atoms with E-state index in [1.165, 1.54) is 0 Å². The standard InChI is InChI=1S/C6H12BN5/c1-4-9-5(8-3)11-6(10-4)12-7-2/h7H,1-3H3,(H2,8,9,10,11,12). The maximum absolute atomic E-state index is 4.10. The lowest BCUT2D eigenvalue weighted by Crippen LogP contribution is -2.09. The zero-order valence-electron chi connectivity index (χ0n) is 7.55. The number of hydrogen-bond acceptors (Lipinski definition) is 5. The van der Waals surface area contributed by atoms with E-state index in [1.54, 1.807) is 7.05 Å². The average Bonchev–Trinajstić information content (AvgIpc) is 2.04. The summed E-state index contributed by atoms with van der Waals surface area (Å²) in [5.41, 5.74) is 0. The van der Waals surface area contributed by atoms with Crippen molar-refractivity contribution in [3.05, 3.63) is 5.82 Å². The molecule has 0 radical (unpaired) electrons. The molecule has 0 bridgehead atoms. The Bertz CT molecular complexity index is 264. The van der Waals surface area contributed by atoms with Gasteiger partial charge in [-0.1, -0.05) is 6.82 Å².